The van der Waals surface area contributed by atoms with Crippen LogP contribution in [0.5, 0.6) is 0 Å². The highest BCUT2D eigenvalue weighted by atomic mass is 33.1. The Morgan fingerprint density at radius 1 is 0.827 bits per heavy atom. The van der Waals surface area contributed by atoms with Crippen LogP contribution in [0, 0.1) is 23.7 Å². The molecular formula is C37H62N2O10S3. The molecular weight excluding hydrogens is 729 g/mol. The minimum Gasteiger partial charge on any atom is -0.347 e. The van der Waals surface area contributed by atoms with Crippen molar-refractivity contribution in [2.45, 2.75) is 143 Å². The number of nitrogens with one attached hydrogen (secondary N) is 1. The van der Waals surface area contributed by atoms with Gasteiger partial charge in [0.25, 0.3) is 21.9 Å². The van der Waals surface area contributed by atoms with Crippen LogP contribution in [-0.2, 0) is 43.7 Å². The zero-order chi connectivity index (χ0) is 40.4. The highest BCUT2D eigenvalue weighted by Gasteiger charge is 2.32. The lowest BCUT2D eigenvalue weighted by molar-refractivity contribution is -0.137. The summed E-state index contributed by atoms with van der Waals surface area (Å²) in [7, 11) is -1.04. The molecule has 15 heteroatoms. The molecule has 0 saturated heterocycles. The van der Waals surface area contributed by atoms with Crippen LogP contribution in [0.15, 0.2) is 12.2 Å². The Kier molecular flexibility index (Phi) is 23.0. The third-order valence-electron chi connectivity index (χ3n) is 8.16. The largest absolute Gasteiger partial charge is 0.347 e. The number of unbranched alkanes of at least 4 members (excludes halogenated alkanes) is 1. The van der Waals surface area contributed by atoms with Gasteiger partial charge in [0.2, 0.25) is 5.91 Å². The molecule has 1 rings (SSSR count). The number of ketones is 4. The third kappa shape index (κ3) is 20.8. The minimum atomic E-state index is -4.32. The molecule has 1 aliphatic heterocycles. The summed E-state index contributed by atoms with van der Waals surface area (Å²) in [6, 6.07) is -0.651. The van der Waals surface area contributed by atoms with Gasteiger partial charge in [0, 0.05) is 72.6 Å². The van der Waals surface area contributed by atoms with Crippen molar-refractivity contribution in [1.82, 2.24) is 10.2 Å². The van der Waals surface area contributed by atoms with Gasteiger partial charge >= 0.3 is 0 Å². The van der Waals surface area contributed by atoms with Crippen LogP contribution in [0.4, 0.5) is 0 Å². The Balaban J connectivity index is 0.00000108. The van der Waals surface area contributed by atoms with Crippen LogP contribution < -0.4 is 5.32 Å². The quantitative estimate of drug-likeness (QED) is 0.0461. The summed E-state index contributed by atoms with van der Waals surface area (Å²) in [5, 5.41) is 1.36. The normalized spacial score (nSPS) is 15.1. The summed E-state index contributed by atoms with van der Waals surface area (Å²) in [6.07, 6.45) is 6.10. The molecule has 0 aliphatic carbocycles. The van der Waals surface area contributed by atoms with E-state index in [-0.39, 0.29) is 83.9 Å². The van der Waals surface area contributed by atoms with Crippen LogP contribution in [0.2, 0.25) is 0 Å². The number of hydrogen-bond acceptors (Lipinski definition) is 11. The molecule has 52 heavy (non-hydrogen) atoms. The van der Waals surface area contributed by atoms with Gasteiger partial charge in [0.15, 0.2) is 11.6 Å². The number of rotatable bonds is 25. The molecule has 2 N–H and O–H groups in total. The Morgan fingerprint density at radius 3 is 1.85 bits per heavy atom. The lowest BCUT2D eigenvalue weighted by atomic mass is 9.91. The van der Waals surface area contributed by atoms with Crippen molar-refractivity contribution in [2.75, 3.05) is 12.3 Å². The first-order valence-electron chi connectivity index (χ1n) is 18.1. The van der Waals surface area contributed by atoms with Crippen LogP contribution in [0.25, 0.3) is 0 Å². The molecule has 1 unspecified atom stereocenters. The zero-order valence-corrected chi connectivity index (χ0v) is 35.1. The molecule has 298 valence electrons. The van der Waals surface area contributed by atoms with Crippen molar-refractivity contribution in [2.24, 2.45) is 23.7 Å². The molecule has 1 aliphatic rings. The van der Waals surface area contributed by atoms with E-state index in [0.717, 1.165) is 11.3 Å². The van der Waals surface area contributed by atoms with Gasteiger partial charge in [-0.25, -0.2) is 0 Å². The van der Waals surface area contributed by atoms with Gasteiger partial charge in [-0.05, 0) is 58.8 Å². The van der Waals surface area contributed by atoms with E-state index < -0.39 is 33.1 Å². The molecule has 12 nitrogen and oxygen atoms in total. The monoisotopic (exact) mass is 790 g/mol. The SMILES string of the molecule is CC(C)C(=O)[C@H](C)CC(=O)[C@H](C)NC(=O)CCCCC(=O)CCCN1C(=O)C=CC1=O.CC(C)CC(C)(C)SSCCC(C(=O)C(C)C)S(=O)(=O)O. The molecule has 3 atom stereocenters. The summed E-state index contributed by atoms with van der Waals surface area (Å²) in [4.78, 5) is 83.9. The molecule has 0 saturated carbocycles. The van der Waals surface area contributed by atoms with Gasteiger partial charge in [-0.2, -0.15) is 8.42 Å². The average molecular weight is 791 g/mol. The molecule has 3 amide bonds. The average Bonchev–Trinajstić information content (AvgIpc) is 3.33. The van der Waals surface area contributed by atoms with E-state index in [1.54, 1.807) is 63.1 Å². The fourth-order valence-electron chi connectivity index (χ4n) is 5.54. The van der Waals surface area contributed by atoms with Crippen LogP contribution >= 0.6 is 21.6 Å². The Labute approximate surface area is 319 Å². The van der Waals surface area contributed by atoms with E-state index in [1.165, 1.54) is 12.2 Å². The Bertz CT molecular complexity index is 1360. The van der Waals surface area contributed by atoms with Crippen LogP contribution in [0.3, 0.4) is 0 Å². The molecule has 0 aromatic heterocycles. The predicted octanol–water partition coefficient (Wildman–Crippen LogP) is 6.21. The predicted molar refractivity (Wildman–Crippen MR) is 208 cm³/mol. The first-order chi connectivity index (χ1) is 23.9. The number of amides is 3. The second-order valence-electron chi connectivity index (χ2n) is 15.0. The van der Waals surface area contributed by atoms with Crippen molar-refractivity contribution in [3.63, 3.8) is 0 Å². The van der Waals surface area contributed by atoms with E-state index in [2.05, 4.69) is 33.0 Å². The lowest BCUT2D eigenvalue weighted by Gasteiger charge is -2.25. The summed E-state index contributed by atoms with van der Waals surface area (Å²) < 4.78 is 32.0. The first kappa shape index (κ1) is 49.6. The van der Waals surface area contributed by atoms with E-state index >= 15 is 0 Å². The summed E-state index contributed by atoms with van der Waals surface area (Å²) in [5.41, 5.74) is 0. The minimum absolute atomic E-state index is 0.0276. The summed E-state index contributed by atoms with van der Waals surface area (Å²) >= 11 is 0. The molecule has 0 aromatic carbocycles. The number of nitrogens with zero attached hydrogens (tertiary/aromatic N) is 1. The van der Waals surface area contributed by atoms with Crippen LogP contribution in [0.1, 0.15) is 127 Å². The van der Waals surface area contributed by atoms with Crippen LogP contribution in [-0.4, -0.2) is 87.1 Å². The van der Waals surface area contributed by atoms with Gasteiger partial charge in [0.1, 0.15) is 16.8 Å². The van der Waals surface area contributed by atoms with Gasteiger partial charge in [-0.3, -0.25) is 43.0 Å². The standard InChI is InChI=1S/C23H34N2O6.C14H28O4S3/c1-15(2)23(31)16(3)14-19(27)17(4)24-20(28)10-6-5-8-18(26)9-7-13-25-21(29)11-12-22(25)30;1-10(2)9-14(5,6)20-19-8-7-12(21(16,17)18)13(15)11(3)4/h11-12,15-17H,5-10,13-14H2,1-4H3,(H,24,28);10-12H,7-9H2,1-6H3,(H,16,17,18)/t16-,17+;/m1./s1. The van der Waals surface area contributed by atoms with Gasteiger partial charge in [-0.15, -0.1) is 0 Å². The maximum absolute atomic E-state index is 12.2. The van der Waals surface area contributed by atoms with E-state index in [9.17, 15) is 46.5 Å². The molecule has 0 fully saturated rings. The third-order valence-corrected chi connectivity index (χ3v) is 12.7. The molecule has 1 heterocycles. The van der Waals surface area contributed by atoms with Crippen molar-refractivity contribution < 1.29 is 46.5 Å². The number of imide groups is 1. The summed E-state index contributed by atoms with van der Waals surface area (Å²) in [5.74, 6) is -1.24. The molecule has 0 aromatic rings. The molecule has 0 radical (unpaired) electrons. The first-order valence-corrected chi connectivity index (χ1v) is 21.9. The molecule has 0 spiro atoms. The topological polar surface area (TPSA) is 189 Å². The lowest BCUT2D eigenvalue weighted by Crippen LogP contribution is -2.39. The second kappa shape index (κ2) is 24.1. The van der Waals surface area contributed by atoms with Crippen molar-refractivity contribution in [3.05, 3.63) is 12.2 Å². The smallest absolute Gasteiger partial charge is 0.275 e. The van der Waals surface area contributed by atoms with Crippen molar-refractivity contribution in [1.29, 1.82) is 0 Å². The Hall–Kier alpha value is -2.36. The van der Waals surface area contributed by atoms with Gasteiger partial charge in [0.05, 0.1) is 6.04 Å². The fraction of sp³-hybridized carbons (Fsp3) is 0.757. The zero-order valence-electron chi connectivity index (χ0n) is 32.7. The van der Waals surface area contributed by atoms with Gasteiger partial charge < -0.3 is 5.32 Å². The number of Topliss-reactive ketones (excluding diaryl/α,β-unsaturated/α-hetero) is 4. The Morgan fingerprint density at radius 2 is 1.35 bits per heavy atom. The highest BCUT2D eigenvalue weighted by Crippen LogP contribution is 2.40. The number of carbonyl (C=O) groups is 7. The van der Waals surface area contributed by atoms with E-state index in [1.807, 2.05) is 0 Å². The number of hydrogen-bond donors (Lipinski definition) is 2. The summed E-state index contributed by atoms with van der Waals surface area (Å²) in [6.45, 7) is 19.1. The maximum atomic E-state index is 12.2. The maximum Gasteiger partial charge on any atom is 0.275 e. The highest BCUT2D eigenvalue weighted by molar-refractivity contribution is 8.77. The van der Waals surface area contributed by atoms with Gasteiger partial charge in [-0.1, -0.05) is 70.1 Å². The second-order valence-corrected chi connectivity index (χ2v) is 19.8. The molecule has 0 bridgehead atoms. The van der Waals surface area contributed by atoms with Crippen molar-refractivity contribution >= 4 is 72.6 Å². The number of carbonyl (C=O) groups excluding carboxylic acids is 7. The van der Waals surface area contributed by atoms with Crippen molar-refractivity contribution in [3.8, 4) is 0 Å². The van der Waals surface area contributed by atoms with E-state index in [4.69, 9.17) is 0 Å². The fourth-order valence-corrected chi connectivity index (χ4v) is 9.51. The van der Waals surface area contributed by atoms with E-state index in [0.29, 0.717) is 37.4 Å².